The maximum atomic E-state index is 13.7. The third-order valence-electron chi connectivity index (χ3n) is 3.02. The lowest BCUT2D eigenvalue weighted by atomic mass is 9.98. The largest absolute Gasteiger partial charge is 0.271 e. The standard InChI is InChI=1S/C14H12F4N2/c15-10-4-2-1-3-8(10)7-12(20-19)9-5-6-11(16)14(18)13(9)17/h1-6,12,20H,7,19H2. The Kier molecular flexibility index (Phi) is 4.36. The van der Waals surface area contributed by atoms with Crippen LogP contribution in [0.1, 0.15) is 17.2 Å². The van der Waals surface area contributed by atoms with Crippen molar-refractivity contribution in [2.75, 3.05) is 0 Å². The molecule has 1 unspecified atom stereocenters. The zero-order valence-electron chi connectivity index (χ0n) is 10.3. The summed E-state index contributed by atoms with van der Waals surface area (Å²) in [7, 11) is 0. The molecule has 0 saturated carbocycles. The Morgan fingerprint density at radius 2 is 1.60 bits per heavy atom. The Labute approximate surface area is 113 Å². The van der Waals surface area contributed by atoms with Crippen LogP contribution in [0.2, 0.25) is 0 Å². The molecule has 106 valence electrons. The lowest BCUT2D eigenvalue weighted by Gasteiger charge is -2.18. The van der Waals surface area contributed by atoms with Crippen molar-refractivity contribution in [1.82, 2.24) is 5.43 Å². The Hall–Kier alpha value is -1.92. The smallest absolute Gasteiger partial charge is 0.194 e. The summed E-state index contributed by atoms with van der Waals surface area (Å²) in [6.45, 7) is 0. The van der Waals surface area contributed by atoms with Crippen molar-refractivity contribution in [2.24, 2.45) is 5.84 Å². The van der Waals surface area contributed by atoms with E-state index in [2.05, 4.69) is 5.43 Å². The van der Waals surface area contributed by atoms with Gasteiger partial charge < -0.3 is 0 Å². The SMILES string of the molecule is NNC(Cc1ccccc1F)c1ccc(F)c(F)c1F. The van der Waals surface area contributed by atoms with Crippen LogP contribution in [0.15, 0.2) is 36.4 Å². The molecule has 1 atom stereocenters. The van der Waals surface area contributed by atoms with Crippen molar-refractivity contribution in [3.63, 3.8) is 0 Å². The van der Waals surface area contributed by atoms with Gasteiger partial charge in [0.15, 0.2) is 17.5 Å². The first-order valence-corrected chi connectivity index (χ1v) is 5.87. The fraction of sp³-hybridized carbons (Fsp3) is 0.143. The molecule has 0 aliphatic heterocycles. The van der Waals surface area contributed by atoms with E-state index in [-0.39, 0.29) is 12.0 Å². The van der Waals surface area contributed by atoms with Crippen molar-refractivity contribution < 1.29 is 17.6 Å². The van der Waals surface area contributed by atoms with Crippen LogP contribution in [0.3, 0.4) is 0 Å². The van der Waals surface area contributed by atoms with E-state index in [1.165, 1.54) is 18.2 Å². The molecule has 0 aliphatic carbocycles. The average molecular weight is 284 g/mol. The molecule has 0 aromatic heterocycles. The van der Waals surface area contributed by atoms with E-state index in [1.54, 1.807) is 6.07 Å². The van der Waals surface area contributed by atoms with Gasteiger partial charge in [-0.3, -0.25) is 11.3 Å². The fourth-order valence-corrected chi connectivity index (χ4v) is 1.95. The summed E-state index contributed by atoms with van der Waals surface area (Å²) in [6, 6.07) is 6.91. The summed E-state index contributed by atoms with van der Waals surface area (Å²) >= 11 is 0. The molecule has 0 bridgehead atoms. The van der Waals surface area contributed by atoms with Gasteiger partial charge in [0.2, 0.25) is 0 Å². The van der Waals surface area contributed by atoms with Gasteiger partial charge in [0.25, 0.3) is 0 Å². The maximum Gasteiger partial charge on any atom is 0.194 e. The quantitative estimate of drug-likeness (QED) is 0.392. The van der Waals surface area contributed by atoms with Crippen LogP contribution in [0, 0.1) is 23.3 Å². The Morgan fingerprint density at radius 3 is 2.25 bits per heavy atom. The highest BCUT2D eigenvalue weighted by atomic mass is 19.2. The van der Waals surface area contributed by atoms with Crippen molar-refractivity contribution in [1.29, 1.82) is 0 Å². The monoisotopic (exact) mass is 284 g/mol. The number of rotatable bonds is 4. The molecule has 0 amide bonds. The van der Waals surface area contributed by atoms with E-state index < -0.39 is 29.3 Å². The molecule has 2 rings (SSSR count). The van der Waals surface area contributed by atoms with Crippen LogP contribution < -0.4 is 11.3 Å². The summed E-state index contributed by atoms with van der Waals surface area (Å²) in [5.41, 5.74) is 2.42. The minimum atomic E-state index is -1.57. The van der Waals surface area contributed by atoms with E-state index in [0.717, 1.165) is 12.1 Å². The summed E-state index contributed by atoms with van der Waals surface area (Å²) in [4.78, 5) is 0. The Balaban J connectivity index is 2.34. The molecular weight excluding hydrogens is 272 g/mol. The maximum absolute atomic E-state index is 13.7. The van der Waals surface area contributed by atoms with E-state index >= 15 is 0 Å². The second kappa shape index (κ2) is 6.02. The lowest BCUT2D eigenvalue weighted by Crippen LogP contribution is -2.30. The predicted octanol–water partition coefficient (Wildman–Crippen LogP) is 2.99. The fourth-order valence-electron chi connectivity index (χ4n) is 1.95. The topological polar surface area (TPSA) is 38.0 Å². The predicted molar refractivity (Wildman–Crippen MR) is 66.5 cm³/mol. The molecule has 2 aromatic carbocycles. The van der Waals surface area contributed by atoms with E-state index in [1.807, 2.05) is 0 Å². The zero-order chi connectivity index (χ0) is 14.7. The minimum Gasteiger partial charge on any atom is -0.271 e. The molecule has 0 heterocycles. The minimum absolute atomic E-state index is 0.00512. The summed E-state index contributed by atoms with van der Waals surface area (Å²) < 4.78 is 53.4. The van der Waals surface area contributed by atoms with Crippen LogP contribution in [0.5, 0.6) is 0 Å². The third-order valence-corrected chi connectivity index (χ3v) is 3.02. The molecule has 3 N–H and O–H groups in total. The van der Waals surface area contributed by atoms with Gasteiger partial charge in [0, 0.05) is 5.56 Å². The molecule has 0 saturated heterocycles. The van der Waals surface area contributed by atoms with E-state index in [9.17, 15) is 17.6 Å². The third kappa shape index (κ3) is 2.81. The van der Waals surface area contributed by atoms with Gasteiger partial charge in [-0.1, -0.05) is 24.3 Å². The van der Waals surface area contributed by atoms with Crippen LogP contribution in [0.4, 0.5) is 17.6 Å². The molecule has 0 aliphatic rings. The van der Waals surface area contributed by atoms with Crippen molar-refractivity contribution in [3.8, 4) is 0 Å². The second-order valence-electron chi connectivity index (χ2n) is 4.28. The molecule has 0 fully saturated rings. The van der Waals surface area contributed by atoms with Gasteiger partial charge in [-0.05, 0) is 24.1 Å². The number of hydrazine groups is 1. The van der Waals surface area contributed by atoms with E-state index in [0.29, 0.717) is 5.56 Å². The van der Waals surface area contributed by atoms with Gasteiger partial charge in [-0.2, -0.15) is 0 Å². The highest BCUT2D eigenvalue weighted by Gasteiger charge is 2.21. The molecule has 2 aromatic rings. The highest BCUT2D eigenvalue weighted by Crippen LogP contribution is 2.24. The zero-order valence-corrected chi connectivity index (χ0v) is 10.3. The lowest BCUT2D eigenvalue weighted by molar-refractivity contribution is 0.423. The van der Waals surface area contributed by atoms with Gasteiger partial charge in [-0.15, -0.1) is 0 Å². The molecule has 2 nitrogen and oxygen atoms in total. The summed E-state index contributed by atoms with van der Waals surface area (Å²) in [5, 5.41) is 0. The number of hydrogen-bond donors (Lipinski definition) is 2. The van der Waals surface area contributed by atoms with Crippen LogP contribution in [0.25, 0.3) is 0 Å². The summed E-state index contributed by atoms with van der Waals surface area (Å²) in [5.74, 6) is 0.642. The van der Waals surface area contributed by atoms with Crippen molar-refractivity contribution in [2.45, 2.75) is 12.5 Å². The first kappa shape index (κ1) is 14.5. The van der Waals surface area contributed by atoms with Crippen molar-refractivity contribution in [3.05, 3.63) is 70.8 Å². The Morgan fingerprint density at radius 1 is 0.900 bits per heavy atom. The van der Waals surface area contributed by atoms with Gasteiger partial charge in [0.05, 0.1) is 6.04 Å². The molecule has 20 heavy (non-hydrogen) atoms. The molecule has 0 radical (unpaired) electrons. The second-order valence-corrected chi connectivity index (χ2v) is 4.28. The molecule has 6 heteroatoms. The Bertz CT molecular complexity index is 616. The number of halogens is 4. The van der Waals surface area contributed by atoms with Crippen LogP contribution in [-0.2, 0) is 6.42 Å². The van der Waals surface area contributed by atoms with Crippen LogP contribution in [-0.4, -0.2) is 0 Å². The van der Waals surface area contributed by atoms with E-state index in [4.69, 9.17) is 5.84 Å². The first-order chi connectivity index (χ1) is 9.54. The van der Waals surface area contributed by atoms with Gasteiger partial charge >= 0.3 is 0 Å². The number of benzene rings is 2. The van der Waals surface area contributed by atoms with Gasteiger partial charge in [-0.25, -0.2) is 17.6 Å². The van der Waals surface area contributed by atoms with Crippen LogP contribution >= 0.6 is 0 Å². The average Bonchev–Trinajstić information content (AvgIpc) is 2.45. The van der Waals surface area contributed by atoms with Crippen molar-refractivity contribution >= 4 is 0 Å². The number of nitrogens with two attached hydrogens (primary N) is 1. The van der Waals surface area contributed by atoms with Gasteiger partial charge in [0.1, 0.15) is 5.82 Å². The molecule has 0 spiro atoms. The number of hydrogen-bond acceptors (Lipinski definition) is 2. The molecular formula is C14H12F4N2. The normalized spacial score (nSPS) is 12.4. The summed E-state index contributed by atoms with van der Waals surface area (Å²) in [6.07, 6.45) is 0.00512. The first-order valence-electron chi connectivity index (χ1n) is 5.87. The highest BCUT2D eigenvalue weighted by molar-refractivity contribution is 5.27. The number of nitrogens with one attached hydrogen (secondary N) is 1.